The normalized spacial score (nSPS) is 26.8. The van der Waals surface area contributed by atoms with Gasteiger partial charge in [0.15, 0.2) is 0 Å². The van der Waals surface area contributed by atoms with Crippen molar-refractivity contribution >= 4 is 0 Å². The van der Waals surface area contributed by atoms with Gasteiger partial charge in [-0.3, -0.25) is 4.68 Å². The molecule has 1 saturated heterocycles. The minimum Gasteiger partial charge on any atom is -0.316 e. The third-order valence-corrected chi connectivity index (χ3v) is 3.32. The van der Waals surface area contributed by atoms with Crippen molar-refractivity contribution in [2.24, 2.45) is 5.92 Å². The highest BCUT2D eigenvalue weighted by molar-refractivity contribution is 5.13. The SMILES string of the molecule is CCCn1cc(C2CCNCC2C)cn1. The van der Waals surface area contributed by atoms with Crippen LogP contribution in [0.4, 0.5) is 0 Å². The van der Waals surface area contributed by atoms with Crippen molar-refractivity contribution < 1.29 is 0 Å². The van der Waals surface area contributed by atoms with E-state index in [2.05, 4.69) is 41.3 Å². The summed E-state index contributed by atoms with van der Waals surface area (Å²) in [6.07, 6.45) is 6.69. The Hall–Kier alpha value is -0.830. The van der Waals surface area contributed by atoms with E-state index in [0.717, 1.165) is 32.0 Å². The van der Waals surface area contributed by atoms with Crippen LogP contribution < -0.4 is 5.32 Å². The molecule has 2 rings (SSSR count). The maximum atomic E-state index is 4.41. The first kappa shape index (κ1) is 10.7. The van der Waals surface area contributed by atoms with E-state index in [0.29, 0.717) is 5.92 Å². The summed E-state index contributed by atoms with van der Waals surface area (Å²) in [7, 11) is 0. The van der Waals surface area contributed by atoms with Crippen LogP contribution in [0.1, 0.15) is 38.2 Å². The number of hydrogen-bond acceptors (Lipinski definition) is 2. The Kier molecular flexibility index (Phi) is 3.41. The van der Waals surface area contributed by atoms with Crippen molar-refractivity contribution in [3.8, 4) is 0 Å². The Morgan fingerprint density at radius 1 is 1.60 bits per heavy atom. The molecule has 1 aliphatic rings. The topological polar surface area (TPSA) is 29.9 Å². The first-order valence-electron chi connectivity index (χ1n) is 6.04. The summed E-state index contributed by atoms with van der Waals surface area (Å²) in [5, 5.41) is 7.85. The third-order valence-electron chi connectivity index (χ3n) is 3.32. The van der Waals surface area contributed by atoms with Crippen LogP contribution in [-0.2, 0) is 6.54 Å². The summed E-state index contributed by atoms with van der Waals surface area (Å²) >= 11 is 0. The van der Waals surface area contributed by atoms with Crippen LogP contribution in [0, 0.1) is 5.92 Å². The number of rotatable bonds is 3. The molecule has 0 saturated carbocycles. The molecule has 0 amide bonds. The highest BCUT2D eigenvalue weighted by Gasteiger charge is 2.23. The van der Waals surface area contributed by atoms with Gasteiger partial charge in [-0.25, -0.2) is 0 Å². The largest absolute Gasteiger partial charge is 0.316 e. The molecule has 2 unspecified atom stereocenters. The second-order valence-electron chi connectivity index (χ2n) is 4.61. The minimum absolute atomic E-state index is 0.705. The number of hydrogen-bond donors (Lipinski definition) is 1. The van der Waals surface area contributed by atoms with Gasteiger partial charge < -0.3 is 5.32 Å². The molecule has 15 heavy (non-hydrogen) atoms. The number of nitrogens with zero attached hydrogens (tertiary/aromatic N) is 2. The molecular weight excluding hydrogens is 186 g/mol. The van der Waals surface area contributed by atoms with Crippen molar-refractivity contribution in [3.63, 3.8) is 0 Å². The highest BCUT2D eigenvalue weighted by atomic mass is 15.3. The number of aryl methyl sites for hydroxylation is 1. The Morgan fingerprint density at radius 3 is 3.20 bits per heavy atom. The fourth-order valence-corrected chi connectivity index (χ4v) is 2.43. The Labute approximate surface area is 91.9 Å². The van der Waals surface area contributed by atoms with E-state index in [1.54, 1.807) is 0 Å². The zero-order valence-electron chi connectivity index (χ0n) is 9.74. The van der Waals surface area contributed by atoms with Crippen molar-refractivity contribution in [2.75, 3.05) is 13.1 Å². The quantitative estimate of drug-likeness (QED) is 0.821. The van der Waals surface area contributed by atoms with Crippen LogP contribution in [-0.4, -0.2) is 22.9 Å². The van der Waals surface area contributed by atoms with E-state index in [1.165, 1.54) is 12.0 Å². The molecule has 1 aromatic rings. The third kappa shape index (κ3) is 2.40. The molecule has 1 aromatic heterocycles. The summed E-state index contributed by atoms with van der Waals surface area (Å²) in [5.74, 6) is 1.44. The van der Waals surface area contributed by atoms with Crippen LogP contribution in [0.15, 0.2) is 12.4 Å². The van der Waals surface area contributed by atoms with E-state index < -0.39 is 0 Å². The zero-order chi connectivity index (χ0) is 10.7. The lowest BCUT2D eigenvalue weighted by molar-refractivity contribution is 0.349. The van der Waals surface area contributed by atoms with Gasteiger partial charge in [-0.2, -0.15) is 5.10 Å². The molecule has 0 spiro atoms. The Balaban J connectivity index is 2.06. The van der Waals surface area contributed by atoms with Gasteiger partial charge >= 0.3 is 0 Å². The van der Waals surface area contributed by atoms with E-state index in [4.69, 9.17) is 0 Å². The standard InChI is InChI=1S/C12H21N3/c1-3-6-15-9-11(8-14-15)12-4-5-13-7-10(12)2/h8-10,12-13H,3-7H2,1-2H3. The van der Waals surface area contributed by atoms with Gasteiger partial charge in [0, 0.05) is 12.7 Å². The van der Waals surface area contributed by atoms with Gasteiger partial charge in [0.2, 0.25) is 0 Å². The molecule has 1 aliphatic heterocycles. The van der Waals surface area contributed by atoms with Gasteiger partial charge in [0.1, 0.15) is 0 Å². The summed E-state index contributed by atoms with van der Waals surface area (Å²) in [6.45, 7) is 7.85. The van der Waals surface area contributed by atoms with Crippen molar-refractivity contribution in [1.82, 2.24) is 15.1 Å². The van der Waals surface area contributed by atoms with Gasteiger partial charge in [-0.1, -0.05) is 13.8 Å². The predicted octanol–water partition coefficient (Wildman–Crippen LogP) is 2.01. The lowest BCUT2D eigenvalue weighted by Gasteiger charge is -2.28. The smallest absolute Gasteiger partial charge is 0.0524 e. The predicted molar refractivity (Wildman–Crippen MR) is 61.9 cm³/mol. The van der Waals surface area contributed by atoms with E-state index in [-0.39, 0.29) is 0 Å². The fourth-order valence-electron chi connectivity index (χ4n) is 2.43. The van der Waals surface area contributed by atoms with E-state index in [1.807, 2.05) is 0 Å². The molecule has 1 N–H and O–H groups in total. The molecule has 0 bridgehead atoms. The Morgan fingerprint density at radius 2 is 2.47 bits per heavy atom. The molecule has 0 aromatic carbocycles. The molecule has 2 atom stereocenters. The van der Waals surface area contributed by atoms with E-state index in [9.17, 15) is 0 Å². The molecule has 0 radical (unpaired) electrons. The maximum absolute atomic E-state index is 4.41. The molecule has 3 heteroatoms. The first-order valence-corrected chi connectivity index (χ1v) is 6.04. The van der Waals surface area contributed by atoms with Crippen LogP contribution in [0.5, 0.6) is 0 Å². The summed E-state index contributed by atoms with van der Waals surface area (Å²) < 4.78 is 2.07. The second-order valence-corrected chi connectivity index (χ2v) is 4.61. The average molecular weight is 207 g/mol. The molecule has 2 heterocycles. The summed E-state index contributed by atoms with van der Waals surface area (Å²) in [6, 6.07) is 0. The molecule has 1 fully saturated rings. The second kappa shape index (κ2) is 4.79. The van der Waals surface area contributed by atoms with E-state index >= 15 is 0 Å². The van der Waals surface area contributed by atoms with Crippen LogP contribution in [0.2, 0.25) is 0 Å². The molecule has 3 nitrogen and oxygen atoms in total. The fraction of sp³-hybridized carbons (Fsp3) is 0.750. The van der Waals surface area contributed by atoms with Crippen molar-refractivity contribution in [3.05, 3.63) is 18.0 Å². The van der Waals surface area contributed by atoms with Gasteiger partial charge in [0.25, 0.3) is 0 Å². The monoisotopic (exact) mass is 207 g/mol. The van der Waals surface area contributed by atoms with Gasteiger partial charge in [-0.15, -0.1) is 0 Å². The van der Waals surface area contributed by atoms with Gasteiger partial charge in [0.05, 0.1) is 6.20 Å². The van der Waals surface area contributed by atoms with Crippen LogP contribution in [0.25, 0.3) is 0 Å². The number of piperidine rings is 1. The average Bonchev–Trinajstić information content (AvgIpc) is 2.68. The first-order chi connectivity index (χ1) is 7.31. The summed E-state index contributed by atoms with van der Waals surface area (Å²) in [4.78, 5) is 0. The number of nitrogens with one attached hydrogen (secondary N) is 1. The lowest BCUT2D eigenvalue weighted by Crippen LogP contribution is -2.33. The summed E-state index contributed by atoms with van der Waals surface area (Å²) in [5.41, 5.74) is 1.43. The van der Waals surface area contributed by atoms with Gasteiger partial charge in [-0.05, 0) is 43.3 Å². The van der Waals surface area contributed by atoms with Crippen molar-refractivity contribution in [2.45, 2.75) is 39.2 Å². The van der Waals surface area contributed by atoms with Crippen LogP contribution >= 0.6 is 0 Å². The molecular formula is C12H21N3. The Bertz CT molecular complexity index is 306. The maximum Gasteiger partial charge on any atom is 0.0524 e. The highest BCUT2D eigenvalue weighted by Crippen LogP contribution is 2.29. The van der Waals surface area contributed by atoms with Crippen LogP contribution in [0.3, 0.4) is 0 Å². The molecule has 0 aliphatic carbocycles. The molecule has 84 valence electrons. The lowest BCUT2D eigenvalue weighted by atomic mass is 9.84. The zero-order valence-corrected chi connectivity index (χ0v) is 9.74. The minimum atomic E-state index is 0.705. The van der Waals surface area contributed by atoms with Crippen molar-refractivity contribution in [1.29, 1.82) is 0 Å². The number of aromatic nitrogens is 2.